The third-order valence-electron chi connectivity index (χ3n) is 5.17. The molecule has 0 saturated carbocycles. The molecule has 2 aliphatic heterocycles. The molecule has 2 unspecified atom stereocenters. The van der Waals surface area contributed by atoms with Crippen LogP contribution in [0.15, 0.2) is 24.3 Å². The molecule has 0 radical (unpaired) electrons. The van der Waals surface area contributed by atoms with Gasteiger partial charge in [-0.05, 0) is 37.5 Å². The summed E-state index contributed by atoms with van der Waals surface area (Å²) in [5.74, 6) is -1.81. The van der Waals surface area contributed by atoms with Gasteiger partial charge in [0.15, 0.2) is 0 Å². The summed E-state index contributed by atoms with van der Waals surface area (Å²) in [5, 5.41) is 10.2. The van der Waals surface area contributed by atoms with Crippen LogP contribution in [0.3, 0.4) is 0 Å². The largest absolute Gasteiger partial charge is 0.481 e. The van der Waals surface area contributed by atoms with Gasteiger partial charge in [0.25, 0.3) is 0 Å². The molecule has 6 heteroatoms. The third-order valence-corrected chi connectivity index (χ3v) is 5.42. The van der Waals surface area contributed by atoms with Gasteiger partial charge in [-0.3, -0.25) is 9.59 Å². The first-order valence-electron chi connectivity index (χ1n) is 8.36. The number of halogens is 1. The van der Waals surface area contributed by atoms with Crippen LogP contribution in [0.25, 0.3) is 0 Å². The lowest BCUT2D eigenvalue weighted by Crippen LogP contribution is -2.42. The normalized spacial score (nSPS) is 30.3. The zero-order chi connectivity index (χ0) is 17.3. The smallest absolute Gasteiger partial charge is 0.308 e. The second-order valence-electron chi connectivity index (χ2n) is 6.67. The molecular weight excluding hydrogens is 330 g/mol. The summed E-state index contributed by atoms with van der Waals surface area (Å²) in [7, 11) is 0. The molecule has 1 aromatic rings. The van der Waals surface area contributed by atoms with E-state index in [0.29, 0.717) is 18.2 Å². The summed E-state index contributed by atoms with van der Waals surface area (Å²) in [4.78, 5) is 26.2. The maximum atomic E-state index is 12.8. The molecule has 2 heterocycles. The molecule has 0 aliphatic carbocycles. The van der Waals surface area contributed by atoms with Crippen LogP contribution in [0.4, 0.5) is 0 Å². The van der Waals surface area contributed by atoms with E-state index in [1.807, 2.05) is 19.1 Å². The van der Waals surface area contributed by atoms with Crippen molar-refractivity contribution in [3.05, 3.63) is 34.9 Å². The number of carbonyl (C=O) groups excluding carboxylic acids is 1. The number of likely N-dealkylation sites (tertiary alicyclic amines) is 1. The fourth-order valence-electron chi connectivity index (χ4n) is 3.76. The van der Waals surface area contributed by atoms with Gasteiger partial charge >= 0.3 is 5.97 Å². The number of carboxylic acids is 1. The molecule has 0 aromatic heterocycles. The van der Waals surface area contributed by atoms with Gasteiger partial charge in [0.1, 0.15) is 0 Å². The molecule has 0 spiro atoms. The van der Waals surface area contributed by atoms with Crippen LogP contribution >= 0.6 is 11.6 Å². The predicted octanol–water partition coefficient (Wildman–Crippen LogP) is 2.78. The summed E-state index contributed by atoms with van der Waals surface area (Å²) in [6, 6.07) is 7.22. The third kappa shape index (κ3) is 3.42. The van der Waals surface area contributed by atoms with Crippen molar-refractivity contribution in [3.8, 4) is 0 Å². The van der Waals surface area contributed by atoms with Crippen LogP contribution < -0.4 is 0 Å². The van der Waals surface area contributed by atoms with Gasteiger partial charge < -0.3 is 14.7 Å². The monoisotopic (exact) mass is 351 g/mol. The number of carbonyl (C=O) groups is 2. The van der Waals surface area contributed by atoms with E-state index in [0.717, 1.165) is 18.4 Å². The van der Waals surface area contributed by atoms with Crippen LogP contribution in [0.1, 0.15) is 31.2 Å². The standard InChI is InChI=1S/C18H22ClNO4/c1-11-14(3-2-8-24-11)17(21)20-9-15(16(10-20)18(22)23)12-4-6-13(19)7-5-12/h4-7,11,14-16H,2-3,8-10H2,1H3,(H,22,23)/t11?,14?,15-,16+/m0/s1. The number of hydrogen-bond donors (Lipinski definition) is 1. The van der Waals surface area contributed by atoms with Crippen LogP contribution in [0.5, 0.6) is 0 Å². The summed E-state index contributed by atoms with van der Waals surface area (Å²) in [6.45, 7) is 3.30. The zero-order valence-electron chi connectivity index (χ0n) is 13.7. The fourth-order valence-corrected chi connectivity index (χ4v) is 3.89. The first-order chi connectivity index (χ1) is 11.5. The Bertz CT molecular complexity index is 618. The number of hydrogen-bond acceptors (Lipinski definition) is 3. The average Bonchev–Trinajstić information content (AvgIpc) is 3.01. The van der Waals surface area contributed by atoms with E-state index in [2.05, 4.69) is 0 Å². The predicted molar refractivity (Wildman–Crippen MR) is 90.0 cm³/mol. The lowest BCUT2D eigenvalue weighted by molar-refractivity contribution is -0.144. The maximum absolute atomic E-state index is 12.8. The molecule has 2 saturated heterocycles. The minimum Gasteiger partial charge on any atom is -0.481 e. The van der Waals surface area contributed by atoms with Crippen molar-refractivity contribution >= 4 is 23.5 Å². The molecule has 2 fully saturated rings. The summed E-state index contributed by atoms with van der Waals surface area (Å²) in [5.41, 5.74) is 0.912. The number of benzene rings is 1. The number of nitrogens with zero attached hydrogens (tertiary/aromatic N) is 1. The Hall–Kier alpha value is -1.59. The first kappa shape index (κ1) is 17.2. The van der Waals surface area contributed by atoms with Crippen LogP contribution in [0.2, 0.25) is 5.02 Å². The Labute approximate surface area is 146 Å². The van der Waals surface area contributed by atoms with E-state index in [-0.39, 0.29) is 30.4 Å². The minimum atomic E-state index is -0.863. The Kier molecular flexibility index (Phi) is 5.11. The van der Waals surface area contributed by atoms with Crippen molar-refractivity contribution in [2.45, 2.75) is 31.8 Å². The SMILES string of the molecule is CC1OCCCC1C(=O)N1C[C@@H](C(=O)O)[C@H](c2ccc(Cl)cc2)C1. The number of rotatable bonds is 3. The quantitative estimate of drug-likeness (QED) is 0.909. The minimum absolute atomic E-state index is 0.0184. The maximum Gasteiger partial charge on any atom is 0.308 e. The molecule has 1 amide bonds. The van der Waals surface area contributed by atoms with Crippen molar-refractivity contribution in [2.24, 2.45) is 11.8 Å². The van der Waals surface area contributed by atoms with Gasteiger partial charge in [-0.25, -0.2) is 0 Å². The lowest BCUT2D eigenvalue weighted by atomic mass is 9.89. The van der Waals surface area contributed by atoms with E-state index in [4.69, 9.17) is 16.3 Å². The van der Waals surface area contributed by atoms with Crippen molar-refractivity contribution in [3.63, 3.8) is 0 Å². The zero-order valence-corrected chi connectivity index (χ0v) is 14.4. The second kappa shape index (κ2) is 7.11. The van der Waals surface area contributed by atoms with Gasteiger partial charge in [-0.15, -0.1) is 0 Å². The van der Waals surface area contributed by atoms with Gasteiger partial charge in [-0.1, -0.05) is 23.7 Å². The Morgan fingerprint density at radius 2 is 1.92 bits per heavy atom. The van der Waals surface area contributed by atoms with Crippen molar-refractivity contribution in [2.75, 3.05) is 19.7 Å². The molecule has 1 N–H and O–H groups in total. The van der Waals surface area contributed by atoms with E-state index in [1.165, 1.54) is 0 Å². The molecular formula is C18H22ClNO4. The molecule has 2 aliphatic rings. The van der Waals surface area contributed by atoms with Crippen LogP contribution in [-0.4, -0.2) is 47.7 Å². The number of aliphatic carboxylic acids is 1. The highest BCUT2D eigenvalue weighted by molar-refractivity contribution is 6.30. The molecule has 130 valence electrons. The molecule has 24 heavy (non-hydrogen) atoms. The van der Waals surface area contributed by atoms with Crippen molar-refractivity contribution in [1.29, 1.82) is 0 Å². The highest BCUT2D eigenvalue weighted by Crippen LogP contribution is 2.35. The molecule has 0 bridgehead atoms. The van der Waals surface area contributed by atoms with Gasteiger partial charge in [-0.2, -0.15) is 0 Å². The molecule has 5 nitrogen and oxygen atoms in total. The van der Waals surface area contributed by atoms with E-state index < -0.39 is 11.9 Å². The van der Waals surface area contributed by atoms with Crippen molar-refractivity contribution in [1.82, 2.24) is 4.90 Å². The highest BCUT2D eigenvalue weighted by atomic mass is 35.5. The molecule has 3 rings (SSSR count). The van der Waals surface area contributed by atoms with E-state index >= 15 is 0 Å². The fraction of sp³-hybridized carbons (Fsp3) is 0.556. The number of carboxylic acid groups (broad SMARTS) is 1. The molecule has 4 atom stereocenters. The van der Waals surface area contributed by atoms with Gasteiger partial charge in [0.05, 0.1) is 17.9 Å². The lowest BCUT2D eigenvalue weighted by Gasteiger charge is -2.31. The average molecular weight is 352 g/mol. The first-order valence-corrected chi connectivity index (χ1v) is 8.74. The topological polar surface area (TPSA) is 66.8 Å². The molecule has 1 aromatic carbocycles. The van der Waals surface area contributed by atoms with E-state index in [9.17, 15) is 14.7 Å². The summed E-state index contributed by atoms with van der Waals surface area (Å²) >= 11 is 5.92. The number of amides is 1. The van der Waals surface area contributed by atoms with Crippen molar-refractivity contribution < 1.29 is 19.4 Å². The second-order valence-corrected chi connectivity index (χ2v) is 7.11. The van der Waals surface area contributed by atoms with Crippen LogP contribution in [-0.2, 0) is 14.3 Å². The van der Waals surface area contributed by atoms with Gasteiger partial charge in [0, 0.05) is 30.6 Å². The van der Waals surface area contributed by atoms with Crippen LogP contribution in [0, 0.1) is 11.8 Å². The summed E-state index contributed by atoms with van der Waals surface area (Å²) < 4.78 is 5.59. The number of ether oxygens (including phenoxy) is 1. The Balaban J connectivity index is 1.78. The Morgan fingerprint density at radius 3 is 2.54 bits per heavy atom. The van der Waals surface area contributed by atoms with E-state index in [1.54, 1.807) is 17.0 Å². The van der Waals surface area contributed by atoms with Gasteiger partial charge in [0.2, 0.25) is 5.91 Å². The highest BCUT2D eigenvalue weighted by Gasteiger charge is 2.43. The summed E-state index contributed by atoms with van der Waals surface area (Å²) in [6.07, 6.45) is 1.57. The Morgan fingerprint density at radius 1 is 1.21 bits per heavy atom.